The summed E-state index contributed by atoms with van der Waals surface area (Å²) in [6.45, 7) is 3.57. The van der Waals surface area contributed by atoms with Crippen LogP contribution < -0.4 is 5.32 Å². The highest BCUT2D eigenvalue weighted by Crippen LogP contribution is 2.29. The van der Waals surface area contributed by atoms with Crippen molar-refractivity contribution >= 4 is 17.3 Å². The molecule has 8 heteroatoms. The van der Waals surface area contributed by atoms with Crippen molar-refractivity contribution in [1.29, 1.82) is 0 Å². The van der Waals surface area contributed by atoms with Gasteiger partial charge in [-0.15, -0.1) is 0 Å². The third-order valence-corrected chi connectivity index (χ3v) is 3.10. The molecule has 0 radical (unpaired) electrons. The van der Waals surface area contributed by atoms with Crippen LogP contribution in [0.3, 0.4) is 0 Å². The zero-order chi connectivity index (χ0) is 16.2. The van der Waals surface area contributed by atoms with Crippen LogP contribution in [0.25, 0.3) is 0 Å². The van der Waals surface area contributed by atoms with Gasteiger partial charge in [-0.2, -0.15) is 0 Å². The lowest BCUT2D eigenvalue weighted by molar-refractivity contribution is -0.384. The Balaban J connectivity index is 3.25. The highest BCUT2D eigenvalue weighted by molar-refractivity contribution is 5.90. The van der Waals surface area contributed by atoms with E-state index >= 15 is 0 Å². The Labute approximate surface area is 120 Å². The largest absolute Gasteiger partial charge is 0.478 e. The van der Waals surface area contributed by atoms with Crippen molar-refractivity contribution in [2.75, 3.05) is 11.9 Å². The van der Waals surface area contributed by atoms with Gasteiger partial charge in [0.05, 0.1) is 4.92 Å². The maximum atomic E-state index is 13.7. The molecule has 0 saturated heterocycles. The summed E-state index contributed by atoms with van der Waals surface area (Å²) in [6.07, 6.45) is 0.330. The smallest absolute Gasteiger partial charge is 0.338 e. The van der Waals surface area contributed by atoms with E-state index in [0.29, 0.717) is 12.5 Å². The number of hydrogen-bond acceptors (Lipinski definition) is 5. The quantitative estimate of drug-likeness (QED) is 0.526. The van der Waals surface area contributed by atoms with Crippen molar-refractivity contribution in [3.8, 4) is 0 Å². The Morgan fingerprint density at radius 1 is 1.48 bits per heavy atom. The molecule has 0 aromatic heterocycles. The van der Waals surface area contributed by atoms with E-state index in [9.17, 15) is 19.3 Å². The van der Waals surface area contributed by atoms with Crippen molar-refractivity contribution in [3.05, 3.63) is 33.6 Å². The van der Waals surface area contributed by atoms with Crippen LogP contribution in [0.5, 0.6) is 0 Å². The number of carbonyl (C=O) groups is 1. The van der Waals surface area contributed by atoms with Gasteiger partial charge >= 0.3 is 5.97 Å². The van der Waals surface area contributed by atoms with Gasteiger partial charge in [0.2, 0.25) is 0 Å². The van der Waals surface area contributed by atoms with Gasteiger partial charge in [0.15, 0.2) is 0 Å². The van der Waals surface area contributed by atoms with Crippen LogP contribution in [0.4, 0.5) is 15.8 Å². The van der Waals surface area contributed by atoms with E-state index in [1.807, 2.05) is 13.8 Å². The number of nitro groups is 1. The number of carboxylic acid groups (broad SMARTS) is 1. The van der Waals surface area contributed by atoms with E-state index < -0.39 is 28.0 Å². The van der Waals surface area contributed by atoms with E-state index in [1.165, 1.54) is 0 Å². The second kappa shape index (κ2) is 6.98. The first-order valence-corrected chi connectivity index (χ1v) is 6.36. The Morgan fingerprint density at radius 3 is 2.52 bits per heavy atom. The molecule has 0 bridgehead atoms. The summed E-state index contributed by atoms with van der Waals surface area (Å²) in [5, 5.41) is 31.6. The average molecular weight is 300 g/mol. The lowest BCUT2D eigenvalue weighted by Gasteiger charge is -2.22. The number of nitro benzene ring substituents is 1. The van der Waals surface area contributed by atoms with E-state index in [4.69, 9.17) is 10.2 Å². The van der Waals surface area contributed by atoms with E-state index in [0.717, 1.165) is 6.07 Å². The van der Waals surface area contributed by atoms with E-state index in [2.05, 4.69) is 5.32 Å². The Morgan fingerprint density at radius 2 is 2.10 bits per heavy atom. The second-order valence-corrected chi connectivity index (χ2v) is 4.92. The molecule has 1 aromatic rings. The summed E-state index contributed by atoms with van der Waals surface area (Å²) in [7, 11) is 0. The minimum atomic E-state index is -1.57. The van der Waals surface area contributed by atoms with Gasteiger partial charge in [-0.05, 0) is 12.3 Å². The number of rotatable bonds is 7. The first-order chi connectivity index (χ1) is 9.77. The molecule has 0 heterocycles. The minimum Gasteiger partial charge on any atom is -0.478 e. The highest BCUT2D eigenvalue weighted by atomic mass is 19.1. The number of aromatic carboxylic acids is 1. The van der Waals surface area contributed by atoms with Gasteiger partial charge in [-0.1, -0.05) is 13.8 Å². The Hall–Kier alpha value is -2.22. The lowest BCUT2D eigenvalue weighted by Crippen LogP contribution is -2.27. The van der Waals surface area contributed by atoms with E-state index in [1.54, 1.807) is 0 Å². The van der Waals surface area contributed by atoms with Crippen LogP contribution in [0, 0.1) is 21.8 Å². The molecule has 0 amide bonds. The zero-order valence-corrected chi connectivity index (χ0v) is 11.7. The van der Waals surface area contributed by atoms with Crippen molar-refractivity contribution < 1.29 is 24.3 Å². The lowest BCUT2D eigenvalue weighted by atomic mass is 10.0. The summed E-state index contributed by atoms with van der Waals surface area (Å²) in [6, 6.07) is 1.19. The third kappa shape index (κ3) is 4.12. The van der Waals surface area contributed by atoms with Crippen molar-refractivity contribution in [1.82, 2.24) is 0 Å². The summed E-state index contributed by atoms with van der Waals surface area (Å²) < 4.78 is 13.7. The molecular formula is C13H17FN2O5. The fraction of sp³-hybridized carbons (Fsp3) is 0.462. The van der Waals surface area contributed by atoms with Crippen molar-refractivity contribution in [2.45, 2.75) is 26.3 Å². The number of halogens is 1. The number of nitrogens with zero attached hydrogens (tertiary/aromatic N) is 1. The maximum Gasteiger partial charge on any atom is 0.338 e. The highest BCUT2D eigenvalue weighted by Gasteiger charge is 2.24. The number of nitrogens with one attached hydrogen (secondary N) is 1. The molecular weight excluding hydrogens is 283 g/mol. The molecule has 1 atom stereocenters. The normalized spacial score (nSPS) is 12.2. The number of aliphatic hydroxyl groups is 1. The topological polar surface area (TPSA) is 113 Å². The molecule has 116 valence electrons. The Kier molecular flexibility index (Phi) is 5.60. The van der Waals surface area contributed by atoms with Gasteiger partial charge in [-0.3, -0.25) is 10.1 Å². The molecule has 21 heavy (non-hydrogen) atoms. The van der Waals surface area contributed by atoms with Gasteiger partial charge in [-0.25, -0.2) is 9.18 Å². The molecule has 1 unspecified atom stereocenters. The summed E-state index contributed by atoms with van der Waals surface area (Å²) in [5.41, 5.74) is -1.37. The van der Waals surface area contributed by atoms with E-state index in [-0.39, 0.29) is 24.3 Å². The van der Waals surface area contributed by atoms with Gasteiger partial charge in [0, 0.05) is 24.8 Å². The maximum absolute atomic E-state index is 13.7. The summed E-state index contributed by atoms with van der Waals surface area (Å²) in [5.74, 6) is -2.58. The molecule has 0 fully saturated rings. The van der Waals surface area contributed by atoms with Crippen LogP contribution in [0.1, 0.15) is 30.6 Å². The molecule has 0 aliphatic carbocycles. The first kappa shape index (κ1) is 16.8. The van der Waals surface area contributed by atoms with Crippen LogP contribution in [-0.2, 0) is 0 Å². The molecule has 7 nitrogen and oxygen atoms in total. The molecule has 0 saturated carbocycles. The predicted molar refractivity (Wildman–Crippen MR) is 74.0 cm³/mol. The summed E-state index contributed by atoms with van der Waals surface area (Å²) >= 11 is 0. The Bertz CT molecular complexity index is 548. The molecule has 0 aliphatic heterocycles. The molecule has 0 spiro atoms. The monoisotopic (exact) mass is 300 g/mol. The molecule has 1 rings (SSSR count). The molecule has 3 N–H and O–H groups in total. The van der Waals surface area contributed by atoms with Crippen LogP contribution in [0.15, 0.2) is 12.1 Å². The second-order valence-electron chi connectivity index (χ2n) is 4.92. The zero-order valence-electron chi connectivity index (χ0n) is 11.7. The fourth-order valence-corrected chi connectivity index (χ4v) is 1.90. The standard InChI is InChI=1S/C13H17FN2O5/c1-7(2)10(3-4-17)15-11-6-9(14)8(13(18)19)5-12(11)16(20)21/h5-7,10,15,17H,3-4H2,1-2H3,(H,18,19). The molecule has 0 aliphatic rings. The first-order valence-electron chi connectivity index (χ1n) is 6.36. The number of benzene rings is 1. The SMILES string of the molecule is CC(C)C(CCO)Nc1cc(F)c(C(=O)O)cc1[N+](=O)[O-]. The number of aliphatic hydroxyl groups excluding tert-OH is 1. The number of carboxylic acids is 1. The van der Waals surface area contributed by atoms with Crippen LogP contribution in [-0.4, -0.2) is 33.8 Å². The minimum absolute atomic E-state index is 0.0407. The van der Waals surface area contributed by atoms with Crippen molar-refractivity contribution in [3.63, 3.8) is 0 Å². The number of anilines is 1. The van der Waals surface area contributed by atoms with Crippen LogP contribution in [0.2, 0.25) is 0 Å². The average Bonchev–Trinajstić information content (AvgIpc) is 2.37. The van der Waals surface area contributed by atoms with Gasteiger partial charge in [0.25, 0.3) is 5.69 Å². The predicted octanol–water partition coefficient (Wildman–Crippen LogP) is 2.25. The molecule has 1 aromatic carbocycles. The van der Waals surface area contributed by atoms with Gasteiger partial charge < -0.3 is 15.5 Å². The third-order valence-electron chi connectivity index (χ3n) is 3.10. The van der Waals surface area contributed by atoms with Crippen LogP contribution >= 0.6 is 0 Å². The number of hydrogen-bond donors (Lipinski definition) is 3. The fourth-order valence-electron chi connectivity index (χ4n) is 1.90. The summed E-state index contributed by atoms with van der Waals surface area (Å²) in [4.78, 5) is 21.1. The van der Waals surface area contributed by atoms with Crippen molar-refractivity contribution in [2.24, 2.45) is 5.92 Å². The van der Waals surface area contributed by atoms with Gasteiger partial charge in [0.1, 0.15) is 17.1 Å².